The first-order valence-electron chi connectivity index (χ1n) is 7.24. The van der Waals surface area contributed by atoms with Gasteiger partial charge >= 0.3 is 0 Å². The molecule has 0 aromatic carbocycles. The van der Waals surface area contributed by atoms with Crippen molar-refractivity contribution in [1.82, 2.24) is 15.1 Å². The van der Waals surface area contributed by atoms with Crippen LogP contribution in [-0.4, -0.2) is 61.2 Å². The minimum atomic E-state index is 0.594. The average Bonchev–Trinajstić information content (AvgIpc) is 2.28. The van der Waals surface area contributed by atoms with Gasteiger partial charge in [0.25, 0.3) is 0 Å². The highest BCUT2D eigenvalue weighted by molar-refractivity contribution is 4.82. The zero-order valence-corrected chi connectivity index (χ0v) is 12.4. The maximum Gasteiger partial charge on any atom is 0.0219 e. The molecule has 3 heteroatoms. The second kappa shape index (κ2) is 7.34. The summed E-state index contributed by atoms with van der Waals surface area (Å²) in [5.74, 6) is 0.791. The molecule has 0 saturated carbocycles. The van der Waals surface area contributed by atoms with Crippen molar-refractivity contribution in [2.75, 3.05) is 39.3 Å². The third-order valence-electron chi connectivity index (χ3n) is 3.86. The standard InChI is InChI=1S/C14H31N3/c1-6-15-13(4)14(5)17-9-7-16(8-10-17)11-12(2)3/h12-15H,6-11H2,1-5H3. The van der Waals surface area contributed by atoms with Crippen molar-refractivity contribution < 1.29 is 0 Å². The number of likely N-dealkylation sites (N-methyl/N-ethyl adjacent to an activating group) is 1. The second-order valence-corrected chi connectivity index (χ2v) is 5.82. The highest BCUT2D eigenvalue weighted by Crippen LogP contribution is 2.10. The fourth-order valence-corrected chi connectivity index (χ4v) is 2.68. The van der Waals surface area contributed by atoms with Crippen molar-refractivity contribution in [3.05, 3.63) is 0 Å². The molecule has 0 aliphatic carbocycles. The smallest absolute Gasteiger partial charge is 0.0219 e. The molecule has 1 heterocycles. The first-order valence-corrected chi connectivity index (χ1v) is 7.24. The summed E-state index contributed by atoms with van der Waals surface area (Å²) >= 11 is 0. The predicted molar refractivity (Wildman–Crippen MR) is 75.5 cm³/mol. The molecule has 0 radical (unpaired) electrons. The number of nitrogens with zero attached hydrogens (tertiary/aromatic N) is 2. The molecular weight excluding hydrogens is 210 g/mol. The van der Waals surface area contributed by atoms with E-state index < -0.39 is 0 Å². The van der Waals surface area contributed by atoms with Gasteiger partial charge in [-0.1, -0.05) is 20.8 Å². The molecule has 2 atom stereocenters. The zero-order valence-electron chi connectivity index (χ0n) is 12.4. The van der Waals surface area contributed by atoms with Crippen molar-refractivity contribution in [3.8, 4) is 0 Å². The number of rotatable bonds is 6. The van der Waals surface area contributed by atoms with Crippen LogP contribution in [0.15, 0.2) is 0 Å². The van der Waals surface area contributed by atoms with Gasteiger partial charge in [0.1, 0.15) is 0 Å². The molecule has 0 amide bonds. The largest absolute Gasteiger partial charge is 0.313 e. The molecular formula is C14H31N3. The van der Waals surface area contributed by atoms with Gasteiger partial charge in [-0.05, 0) is 26.3 Å². The number of nitrogens with one attached hydrogen (secondary N) is 1. The fourth-order valence-electron chi connectivity index (χ4n) is 2.68. The molecule has 1 aliphatic rings. The minimum absolute atomic E-state index is 0.594. The molecule has 0 aromatic heterocycles. The molecule has 1 aliphatic heterocycles. The van der Waals surface area contributed by atoms with Crippen molar-refractivity contribution >= 4 is 0 Å². The van der Waals surface area contributed by atoms with Gasteiger partial charge in [-0.3, -0.25) is 4.90 Å². The quantitative estimate of drug-likeness (QED) is 0.763. The van der Waals surface area contributed by atoms with Crippen molar-refractivity contribution in [2.45, 2.75) is 46.7 Å². The molecule has 1 saturated heterocycles. The Morgan fingerprint density at radius 2 is 1.59 bits per heavy atom. The van der Waals surface area contributed by atoms with Crippen molar-refractivity contribution in [1.29, 1.82) is 0 Å². The van der Waals surface area contributed by atoms with Gasteiger partial charge in [0, 0.05) is 44.8 Å². The molecule has 0 bridgehead atoms. The molecule has 102 valence electrons. The Morgan fingerprint density at radius 1 is 1.00 bits per heavy atom. The summed E-state index contributed by atoms with van der Waals surface area (Å²) in [5.41, 5.74) is 0. The molecule has 1 N–H and O–H groups in total. The van der Waals surface area contributed by atoms with Crippen LogP contribution in [0.3, 0.4) is 0 Å². The van der Waals surface area contributed by atoms with Gasteiger partial charge in [0.05, 0.1) is 0 Å². The minimum Gasteiger partial charge on any atom is -0.313 e. The van der Waals surface area contributed by atoms with E-state index >= 15 is 0 Å². The molecule has 1 rings (SSSR count). The van der Waals surface area contributed by atoms with Crippen LogP contribution in [0, 0.1) is 5.92 Å². The van der Waals surface area contributed by atoms with Crippen LogP contribution in [0.1, 0.15) is 34.6 Å². The third kappa shape index (κ3) is 4.94. The van der Waals surface area contributed by atoms with Crippen LogP contribution in [0.25, 0.3) is 0 Å². The van der Waals surface area contributed by atoms with Gasteiger partial charge < -0.3 is 10.2 Å². The highest BCUT2D eigenvalue weighted by Gasteiger charge is 2.24. The Hall–Kier alpha value is -0.120. The zero-order chi connectivity index (χ0) is 12.8. The van der Waals surface area contributed by atoms with Gasteiger partial charge in [-0.2, -0.15) is 0 Å². The first kappa shape index (κ1) is 14.9. The number of hydrogen-bond acceptors (Lipinski definition) is 3. The van der Waals surface area contributed by atoms with E-state index in [-0.39, 0.29) is 0 Å². The van der Waals surface area contributed by atoms with Gasteiger partial charge in [-0.15, -0.1) is 0 Å². The van der Waals surface area contributed by atoms with Crippen LogP contribution in [0.4, 0.5) is 0 Å². The Labute approximate surface area is 108 Å². The van der Waals surface area contributed by atoms with E-state index in [1.165, 1.54) is 32.7 Å². The summed E-state index contributed by atoms with van der Waals surface area (Å²) in [6.07, 6.45) is 0. The lowest BCUT2D eigenvalue weighted by atomic mass is 10.1. The van der Waals surface area contributed by atoms with E-state index in [0.717, 1.165) is 12.5 Å². The molecule has 3 nitrogen and oxygen atoms in total. The lowest BCUT2D eigenvalue weighted by molar-refractivity contribution is 0.0825. The Balaban J connectivity index is 2.30. The molecule has 2 unspecified atom stereocenters. The maximum atomic E-state index is 3.53. The Morgan fingerprint density at radius 3 is 2.06 bits per heavy atom. The summed E-state index contributed by atoms with van der Waals surface area (Å²) in [4.78, 5) is 5.23. The van der Waals surface area contributed by atoms with Crippen LogP contribution in [-0.2, 0) is 0 Å². The van der Waals surface area contributed by atoms with Gasteiger partial charge in [-0.25, -0.2) is 0 Å². The van der Waals surface area contributed by atoms with Gasteiger partial charge in [0.2, 0.25) is 0 Å². The summed E-state index contributed by atoms with van der Waals surface area (Å²) in [5, 5.41) is 3.53. The molecule has 1 fully saturated rings. The first-order chi connectivity index (χ1) is 8.04. The maximum absolute atomic E-state index is 3.53. The summed E-state index contributed by atoms with van der Waals surface area (Å²) in [6, 6.07) is 1.24. The van der Waals surface area contributed by atoms with Crippen LogP contribution < -0.4 is 5.32 Å². The SMILES string of the molecule is CCNC(C)C(C)N1CCN(CC(C)C)CC1. The van der Waals surface area contributed by atoms with Crippen LogP contribution in [0.5, 0.6) is 0 Å². The topological polar surface area (TPSA) is 18.5 Å². The normalized spacial score (nSPS) is 22.9. The lowest BCUT2D eigenvalue weighted by Crippen LogP contribution is -2.55. The number of hydrogen-bond donors (Lipinski definition) is 1. The van der Waals surface area contributed by atoms with Crippen molar-refractivity contribution in [2.24, 2.45) is 5.92 Å². The lowest BCUT2D eigenvalue weighted by Gasteiger charge is -2.40. The van der Waals surface area contributed by atoms with Gasteiger partial charge in [0.15, 0.2) is 0 Å². The third-order valence-corrected chi connectivity index (χ3v) is 3.86. The van der Waals surface area contributed by atoms with E-state index in [4.69, 9.17) is 0 Å². The highest BCUT2D eigenvalue weighted by atomic mass is 15.3. The predicted octanol–water partition coefficient (Wildman–Crippen LogP) is 1.65. The Bertz CT molecular complexity index is 198. The average molecular weight is 241 g/mol. The molecule has 17 heavy (non-hydrogen) atoms. The van der Waals surface area contributed by atoms with E-state index in [1.54, 1.807) is 0 Å². The molecule has 0 spiro atoms. The number of piperazine rings is 1. The summed E-state index contributed by atoms with van der Waals surface area (Å²) in [7, 11) is 0. The summed E-state index contributed by atoms with van der Waals surface area (Å²) in [6.45, 7) is 18.7. The van der Waals surface area contributed by atoms with E-state index in [2.05, 4.69) is 49.7 Å². The molecule has 0 aromatic rings. The summed E-state index contributed by atoms with van der Waals surface area (Å²) < 4.78 is 0. The van der Waals surface area contributed by atoms with E-state index in [0.29, 0.717) is 12.1 Å². The van der Waals surface area contributed by atoms with Crippen LogP contribution in [0.2, 0.25) is 0 Å². The monoisotopic (exact) mass is 241 g/mol. The second-order valence-electron chi connectivity index (χ2n) is 5.82. The van der Waals surface area contributed by atoms with Crippen LogP contribution >= 0.6 is 0 Å². The van der Waals surface area contributed by atoms with E-state index in [9.17, 15) is 0 Å². The fraction of sp³-hybridized carbons (Fsp3) is 1.00. The van der Waals surface area contributed by atoms with Crippen molar-refractivity contribution in [3.63, 3.8) is 0 Å². The van der Waals surface area contributed by atoms with E-state index in [1.807, 2.05) is 0 Å². The Kier molecular flexibility index (Phi) is 6.45.